The van der Waals surface area contributed by atoms with E-state index in [9.17, 15) is 9.59 Å². The first-order valence-corrected chi connectivity index (χ1v) is 11.1. The van der Waals surface area contributed by atoms with E-state index in [2.05, 4.69) is 15.6 Å². The fraction of sp³-hybridized carbons (Fsp3) is 0.409. The second kappa shape index (κ2) is 8.45. The van der Waals surface area contributed by atoms with Gasteiger partial charge in [0.15, 0.2) is 0 Å². The minimum Gasteiger partial charge on any atom is -0.349 e. The fourth-order valence-electron chi connectivity index (χ4n) is 4.04. The Labute approximate surface area is 175 Å². The van der Waals surface area contributed by atoms with Crippen LogP contribution in [0.1, 0.15) is 47.3 Å². The highest BCUT2D eigenvalue weighted by atomic mass is 32.2. The van der Waals surface area contributed by atoms with Crippen LogP contribution in [-0.2, 0) is 0 Å². The lowest BCUT2D eigenvalue weighted by Gasteiger charge is -2.30. The molecule has 1 aliphatic carbocycles. The molecule has 2 aromatic rings. The number of pyridine rings is 1. The lowest BCUT2D eigenvalue weighted by atomic mass is 10.1. The molecule has 2 heterocycles. The van der Waals surface area contributed by atoms with Gasteiger partial charge in [0.05, 0.1) is 5.69 Å². The van der Waals surface area contributed by atoms with Crippen LogP contribution in [0.15, 0.2) is 35.4 Å². The third kappa shape index (κ3) is 4.40. The van der Waals surface area contributed by atoms with E-state index in [1.165, 1.54) is 12.8 Å². The lowest BCUT2D eigenvalue weighted by Crippen LogP contribution is -2.39. The lowest BCUT2D eigenvalue weighted by molar-refractivity contribution is 0.0938. The molecule has 1 saturated carbocycles. The highest BCUT2D eigenvalue weighted by molar-refractivity contribution is 7.99. The molecule has 0 bridgehead atoms. The highest BCUT2D eigenvalue weighted by Gasteiger charge is 2.26. The molecule has 3 amide bonds. The van der Waals surface area contributed by atoms with E-state index >= 15 is 0 Å². The molecule has 0 unspecified atom stereocenters. The van der Waals surface area contributed by atoms with Gasteiger partial charge in [-0.1, -0.05) is 18.9 Å². The molecule has 0 spiro atoms. The van der Waals surface area contributed by atoms with E-state index in [4.69, 9.17) is 0 Å². The number of hydrogen-bond acceptors (Lipinski definition) is 4. The number of aromatic nitrogens is 1. The Morgan fingerprint density at radius 2 is 1.97 bits per heavy atom. The number of hydrogen-bond donors (Lipinski definition) is 2. The molecule has 0 saturated heterocycles. The average Bonchev–Trinajstić information content (AvgIpc) is 3.20. The third-order valence-corrected chi connectivity index (χ3v) is 6.36. The first kappa shape index (κ1) is 19.8. The number of fused-ring (bicyclic) bond motifs is 1. The maximum absolute atomic E-state index is 13.0. The van der Waals surface area contributed by atoms with Crippen LogP contribution in [0.25, 0.3) is 0 Å². The van der Waals surface area contributed by atoms with Crippen molar-refractivity contribution < 1.29 is 9.59 Å². The Hall–Kier alpha value is -2.54. The third-order valence-electron chi connectivity index (χ3n) is 5.41. The van der Waals surface area contributed by atoms with Gasteiger partial charge in [-0.15, -0.1) is 11.8 Å². The van der Waals surface area contributed by atoms with E-state index < -0.39 is 0 Å². The van der Waals surface area contributed by atoms with Crippen molar-refractivity contribution in [2.75, 3.05) is 22.5 Å². The molecular formula is C22H26N4O2S. The van der Waals surface area contributed by atoms with E-state index in [1.54, 1.807) is 34.9 Å². The normalized spacial score (nSPS) is 16.4. The molecule has 0 radical (unpaired) electrons. The highest BCUT2D eigenvalue weighted by Crippen LogP contribution is 2.36. The predicted octanol–water partition coefficient (Wildman–Crippen LogP) is 4.52. The van der Waals surface area contributed by atoms with Crippen molar-refractivity contribution in [2.45, 2.75) is 50.6 Å². The van der Waals surface area contributed by atoms with Crippen LogP contribution in [0.3, 0.4) is 0 Å². The summed E-state index contributed by atoms with van der Waals surface area (Å²) < 4.78 is 0. The van der Waals surface area contributed by atoms with Crippen LogP contribution in [-0.4, -0.2) is 35.3 Å². The van der Waals surface area contributed by atoms with E-state index in [0.717, 1.165) is 40.6 Å². The number of aryl methyl sites for hydroxylation is 2. The van der Waals surface area contributed by atoms with Crippen LogP contribution in [0.5, 0.6) is 0 Å². The van der Waals surface area contributed by atoms with Gasteiger partial charge in [0.2, 0.25) is 0 Å². The van der Waals surface area contributed by atoms with Crippen LogP contribution < -0.4 is 15.5 Å². The summed E-state index contributed by atoms with van der Waals surface area (Å²) in [5.74, 6) is 0.725. The van der Waals surface area contributed by atoms with Gasteiger partial charge in [-0.2, -0.15) is 0 Å². The Balaban J connectivity index is 1.49. The quantitative estimate of drug-likeness (QED) is 0.780. The van der Waals surface area contributed by atoms with Crippen molar-refractivity contribution in [1.29, 1.82) is 0 Å². The number of rotatable bonds is 3. The van der Waals surface area contributed by atoms with Crippen LogP contribution >= 0.6 is 11.8 Å². The minimum absolute atomic E-state index is 0.0803. The van der Waals surface area contributed by atoms with Gasteiger partial charge in [-0.25, -0.2) is 9.78 Å². The maximum Gasteiger partial charge on any atom is 0.326 e. The summed E-state index contributed by atoms with van der Waals surface area (Å²) in [6.45, 7) is 4.60. The summed E-state index contributed by atoms with van der Waals surface area (Å²) in [5, 5.41) is 6.94. The summed E-state index contributed by atoms with van der Waals surface area (Å²) in [5.41, 5.74) is 4.06. The Bertz CT molecular complexity index is 940. The monoisotopic (exact) mass is 410 g/mol. The second-order valence-corrected chi connectivity index (χ2v) is 8.78. The molecule has 1 aliphatic heterocycles. The van der Waals surface area contributed by atoms with Crippen molar-refractivity contribution in [3.8, 4) is 0 Å². The van der Waals surface area contributed by atoms with Crippen LogP contribution in [0.4, 0.5) is 16.2 Å². The summed E-state index contributed by atoms with van der Waals surface area (Å²) in [4.78, 5) is 31.9. The van der Waals surface area contributed by atoms with Gasteiger partial charge in [-0.05, 0) is 56.5 Å². The minimum atomic E-state index is -0.200. The molecule has 0 atom stereocenters. The number of nitrogens with one attached hydrogen (secondary N) is 2. The first-order valence-electron chi connectivity index (χ1n) is 10.1. The summed E-state index contributed by atoms with van der Waals surface area (Å²) >= 11 is 1.68. The van der Waals surface area contributed by atoms with Gasteiger partial charge in [0.1, 0.15) is 5.03 Å². The number of nitrogens with zero attached hydrogens (tertiary/aromatic N) is 2. The Morgan fingerprint density at radius 3 is 2.76 bits per heavy atom. The number of amides is 3. The molecule has 2 N–H and O–H groups in total. The molecule has 6 nitrogen and oxygen atoms in total. The summed E-state index contributed by atoms with van der Waals surface area (Å²) in [6, 6.07) is 9.19. The number of thioether (sulfide) groups is 1. The molecule has 1 fully saturated rings. The zero-order chi connectivity index (χ0) is 20.4. The molecule has 152 valence electrons. The maximum atomic E-state index is 13.0. The van der Waals surface area contributed by atoms with Crippen LogP contribution in [0, 0.1) is 13.8 Å². The molecule has 2 aliphatic rings. The van der Waals surface area contributed by atoms with Crippen molar-refractivity contribution in [3.63, 3.8) is 0 Å². The summed E-state index contributed by atoms with van der Waals surface area (Å²) in [6.07, 6.45) is 4.43. The Kier molecular flexibility index (Phi) is 5.76. The van der Waals surface area contributed by atoms with Gasteiger partial charge >= 0.3 is 6.03 Å². The van der Waals surface area contributed by atoms with Gasteiger partial charge in [-0.3, -0.25) is 9.69 Å². The van der Waals surface area contributed by atoms with E-state index in [1.807, 2.05) is 26.0 Å². The number of carbonyl (C=O) groups is 2. The van der Waals surface area contributed by atoms with E-state index in [0.29, 0.717) is 17.8 Å². The number of carbonyl (C=O) groups excluding carboxylic acids is 2. The molecular weight excluding hydrogens is 384 g/mol. The Morgan fingerprint density at radius 1 is 1.17 bits per heavy atom. The summed E-state index contributed by atoms with van der Waals surface area (Å²) in [7, 11) is 0. The van der Waals surface area contributed by atoms with Crippen molar-refractivity contribution in [1.82, 2.24) is 10.3 Å². The fourth-order valence-corrected chi connectivity index (χ4v) is 5.12. The van der Waals surface area contributed by atoms with Crippen molar-refractivity contribution in [2.24, 2.45) is 0 Å². The van der Waals surface area contributed by atoms with Crippen LogP contribution in [0.2, 0.25) is 0 Å². The topological polar surface area (TPSA) is 74.3 Å². The number of anilines is 2. The standard InChI is InChI=1S/C22H26N4O2S/c1-14-12-15(2)23-21-19(14)26(10-11-29-21)22(28)25-18-9-5-6-16(13-18)20(27)24-17-7-3-4-8-17/h5-6,9,12-13,17H,3-4,7-8,10-11H2,1-2H3,(H,24,27)(H,25,28). The first-order chi connectivity index (χ1) is 14.0. The molecule has 1 aromatic heterocycles. The molecule has 4 rings (SSSR count). The van der Waals surface area contributed by atoms with Crippen molar-refractivity contribution >= 4 is 35.1 Å². The second-order valence-electron chi connectivity index (χ2n) is 7.70. The van der Waals surface area contributed by atoms with Crippen molar-refractivity contribution in [3.05, 3.63) is 47.2 Å². The molecule has 29 heavy (non-hydrogen) atoms. The average molecular weight is 411 g/mol. The zero-order valence-electron chi connectivity index (χ0n) is 16.8. The zero-order valence-corrected chi connectivity index (χ0v) is 17.6. The largest absolute Gasteiger partial charge is 0.349 e. The number of urea groups is 1. The van der Waals surface area contributed by atoms with Gasteiger partial charge < -0.3 is 10.6 Å². The van der Waals surface area contributed by atoms with E-state index in [-0.39, 0.29) is 18.0 Å². The number of benzene rings is 1. The SMILES string of the molecule is Cc1cc(C)c2c(n1)SCCN2C(=O)Nc1cccc(C(=O)NC2CCCC2)c1. The predicted molar refractivity (Wildman–Crippen MR) is 117 cm³/mol. The smallest absolute Gasteiger partial charge is 0.326 e. The molecule has 1 aromatic carbocycles. The van der Waals surface area contributed by atoms with Gasteiger partial charge in [0, 0.05) is 35.3 Å². The molecule has 7 heteroatoms. The van der Waals surface area contributed by atoms with Gasteiger partial charge in [0.25, 0.3) is 5.91 Å².